The van der Waals surface area contributed by atoms with Crippen molar-refractivity contribution < 1.29 is 9.90 Å². The lowest BCUT2D eigenvalue weighted by atomic mass is 9.87. The molecular formula is C15H19BrN2O2. The lowest BCUT2D eigenvalue weighted by Crippen LogP contribution is -2.51. The number of aryl methyl sites for hydroxylation is 1. The predicted molar refractivity (Wildman–Crippen MR) is 80.7 cm³/mol. The first-order valence-electron chi connectivity index (χ1n) is 7.01. The summed E-state index contributed by atoms with van der Waals surface area (Å²) in [5, 5.41) is 9.22. The van der Waals surface area contributed by atoms with Gasteiger partial charge in [0.05, 0.1) is 0 Å². The Hall–Kier alpha value is -0.910. The Balaban J connectivity index is 1.72. The monoisotopic (exact) mass is 338 g/mol. The summed E-state index contributed by atoms with van der Waals surface area (Å²) in [6.45, 7) is 1.26. The summed E-state index contributed by atoms with van der Waals surface area (Å²) in [4.78, 5) is 13.5. The Bertz CT molecular complexity index is 549. The Morgan fingerprint density at radius 3 is 2.95 bits per heavy atom. The van der Waals surface area contributed by atoms with Crippen LogP contribution in [0.3, 0.4) is 0 Å². The molecule has 0 amide bonds. The number of fused-ring (bicyclic) bond motifs is 1. The van der Waals surface area contributed by atoms with Crippen LogP contribution in [0.15, 0.2) is 22.7 Å². The molecule has 1 saturated heterocycles. The summed E-state index contributed by atoms with van der Waals surface area (Å²) in [6, 6.07) is 6.87. The van der Waals surface area contributed by atoms with Crippen molar-refractivity contribution >= 4 is 21.9 Å². The van der Waals surface area contributed by atoms with Gasteiger partial charge in [-0.2, -0.15) is 0 Å². The lowest BCUT2D eigenvalue weighted by molar-refractivity contribution is -0.142. The molecule has 0 bridgehead atoms. The van der Waals surface area contributed by atoms with E-state index in [9.17, 15) is 9.90 Å². The van der Waals surface area contributed by atoms with Gasteiger partial charge in [0.25, 0.3) is 0 Å². The van der Waals surface area contributed by atoms with E-state index in [-0.39, 0.29) is 0 Å². The molecule has 1 aromatic carbocycles. The fourth-order valence-electron chi connectivity index (χ4n) is 3.37. The van der Waals surface area contributed by atoms with E-state index in [2.05, 4.69) is 39.0 Å². The van der Waals surface area contributed by atoms with Crippen LogP contribution in [0.5, 0.6) is 0 Å². The second kappa shape index (κ2) is 5.13. The van der Waals surface area contributed by atoms with Crippen molar-refractivity contribution in [2.24, 2.45) is 5.73 Å². The molecule has 1 fully saturated rings. The van der Waals surface area contributed by atoms with E-state index in [0.717, 1.165) is 30.3 Å². The van der Waals surface area contributed by atoms with Crippen molar-refractivity contribution in [2.75, 3.05) is 13.1 Å². The number of carbonyl (C=O) groups is 1. The topological polar surface area (TPSA) is 66.6 Å². The molecule has 0 radical (unpaired) electrons. The average Bonchev–Trinajstić information content (AvgIpc) is 2.82. The SMILES string of the molecule is NC1(C(=O)O)CCN(C2CCc3cc(Br)ccc3C2)C1. The molecule has 5 heteroatoms. The van der Waals surface area contributed by atoms with Crippen molar-refractivity contribution in [3.05, 3.63) is 33.8 Å². The fraction of sp³-hybridized carbons (Fsp3) is 0.533. The maximum atomic E-state index is 11.2. The minimum atomic E-state index is -1.06. The zero-order chi connectivity index (χ0) is 14.3. The van der Waals surface area contributed by atoms with E-state index in [1.807, 2.05) is 0 Å². The molecule has 2 aliphatic rings. The van der Waals surface area contributed by atoms with Crippen molar-refractivity contribution in [3.8, 4) is 0 Å². The number of nitrogens with zero attached hydrogens (tertiary/aromatic N) is 1. The molecule has 2 unspecified atom stereocenters. The highest BCUT2D eigenvalue weighted by Gasteiger charge is 2.43. The predicted octanol–water partition coefficient (Wildman–Crippen LogP) is 1.79. The summed E-state index contributed by atoms with van der Waals surface area (Å²) in [7, 11) is 0. The maximum Gasteiger partial charge on any atom is 0.325 e. The Labute approximate surface area is 127 Å². The number of nitrogens with two attached hydrogens (primary N) is 1. The molecule has 3 N–H and O–H groups in total. The molecule has 20 heavy (non-hydrogen) atoms. The number of carboxylic acids is 1. The average molecular weight is 339 g/mol. The maximum absolute atomic E-state index is 11.2. The number of hydrogen-bond acceptors (Lipinski definition) is 3. The van der Waals surface area contributed by atoms with Crippen LogP contribution < -0.4 is 5.73 Å². The third-order valence-corrected chi connectivity index (χ3v) is 5.14. The zero-order valence-corrected chi connectivity index (χ0v) is 12.9. The molecule has 2 atom stereocenters. The highest BCUT2D eigenvalue weighted by atomic mass is 79.9. The molecule has 0 saturated carbocycles. The highest BCUT2D eigenvalue weighted by molar-refractivity contribution is 9.10. The van der Waals surface area contributed by atoms with Crippen molar-refractivity contribution in [1.29, 1.82) is 0 Å². The van der Waals surface area contributed by atoms with Gasteiger partial charge >= 0.3 is 5.97 Å². The summed E-state index contributed by atoms with van der Waals surface area (Å²) in [5.74, 6) is -0.875. The smallest absolute Gasteiger partial charge is 0.325 e. The number of rotatable bonds is 2. The van der Waals surface area contributed by atoms with E-state index in [4.69, 9.17) is 5.73 Å². The number of likely N-dealkylation sites (tertiary alicyclic amines) is 1. The molecule has 3 rings (SSSR count). The molecule has 0 aromatic heterocycles. The van der Waals surface area contributed by atoms with Crippen molar-refractivity contribution in [1.82, 2.24) is 4.90 Å². The van der Waals surface area contributed by atoms with Gasteiger partial charge in [-0.1, -0.05) is 22.0 Å². The van der Waals surface area contributed by atoms with Gasteiger partial charge in [-0.25, -0.2) is 0 Å². The number of carboxylic acid groups (broad SMARTS) is 1. The Morgan fingerprint density at radius 2 is 2.25 bits per heavy atom. The second-order valence-electron chi connectivity index (χ2n) is 5.99. The van der Waals surface area contributed by atoms with Gasteiger partial charge in [0, 0.05) is 23.6 Å². The molecule has 1 aliphatic carbocycles. The quantitative estimate of drug-likeness (QED) is 0.862. The summed E-state index contributed by atoms with van der Waals surface area (Å²) in [6.07, 6.45) is 3.68. The van der Waals surface area contributed by atoms with E-state index < -0.39 is 11.5 Å². The van der Waals surface area contributed by atoms with Crippen molar-refractivity contribution in [3.63, 3.8) is 0 Å². The Kier molecular flexibility index (Phi) is 3.60. The standard InChI is InChI=1S/C15H19BrN2O2/c16-12-3-1-11-8-13(4-2-10(11)7-12)18-6-5-15(17,9-18)14(19)20/h1,3,7,13H,2,4-6,8-9,17H2,(H,19,20). The van der Waals surface area contributed by atoms with E-state index in [0.29, 0.717) is 19.0 Å². The first kappa shape index (κ1) is 14.0. The fourth-order valence-corrected chi connectivity index (χ4v) is 3.77. The van der Waals surface area contributed by atoms with Gasteiger partial charge in [0.2, 0.25) is 0 Å². The summed E-state index contributed by atoms with van der Waals surface area (Å²) >= 11 is 3.51. The molecule has 108 valence electrons. The van der Waals surface area contributed by atoms with Crippen LogP contribution in [0.4, 0.5) is 0 Å². The molecule has 1 aromatic rings. The van der Waals surface area contributed by atoms with Crippen LogP contribution in [-0.2, 0) is 17.6 Å². The molecule has 1 aliphatic heterocycles. The van der Waals surface area contributed by atoms with Gasteiger partial charge in [-0.3, -0.25) is 9.69 Å². The van der Waals surface area contributed by atoms with Gasteiger partial charge in [-0.15, -0.1) is 0 Å². The summed E-state index contributed by atoms with van der Waals surface area (Å²) < 4.78 is 1.13. The second-order valence-corrected chi connectivity index (χ2v) is 6.91. The molecule has 0 spiro atoms. The third-order valence-electron chi connectivity index (χ3n) is 4.64. The van der Waals surface area contributed by atoms with E-state index in [1.54, 1.807) is 0 Å². The van der Waals surface area contributed by atoms with Crippen molar-refractivity contribution in [2.45, 2.75) is 37.3 Å². The zero-order valence-electron chi connectivity index (χ0n) is 11.3. The molecule has 1 heterocycles. The van der Waals surface area contributed by atoms with Crippen LogP contribution in [-0.4, -0.2) is 40.6 Å². The van der Waals surface area contributed by atoms with Crippen LogP contribution in [0, 0.1) is 0 Å². The number of hydrogen-bond donors (Lipinski definition) is 2. The minimum Gasteiger partial charge on any atom is -0.480 e. The van der Waals surface area contributed by atoms with Gasteiger partial charge < -0.3 is 10.8 Å². The largest absolute Gasteiger partial charge is 0.480 e. The van der Waals surface area contributed by atoms with Gasteiger partial charge in [0.1, 0.15) is 5.54 Å². The van der Waals surface area contributed by atoms with Gasteiger partial charge in [0.15, 0.2) is 0 Å². The lowest BCUT2D eigenvalue weighted by Gasteiger charge is -2.33. The van der Waals surface area contributed by atoms with Gasteiger partial charge in [-0.05, 0) is 48.9 Å². The Morgan fingerprint density at radius 1 is 1.45 bits per heavy atom. The van der Waals surface area contributed by atoms with Crippen LogP contribution in [0.2, 0.25) is 0 Å². The number of benzene rings is 1. The first-order chi connectivity index (χ1) is 9.48. The highest BCUT2D eigenvalue weighted by Crippen LogP contribution is 2.30. The van der Waals surface area contributed by atoms with Crippen LogP contribution in [0.25, 0.3) is 0 Å². The first-order valence-corrected chi connectivity index (χ1v) is 7.81. The third kappa shape index (κ3) is 2.50. The summed E-state index contributed by atoms with van der Waals surface area (Å²) in [5.41, 5.74) is 7.70. The molecule has 4 nitrogen and oxygen atoms in total. The van der Waals surface area contributed by atoms with E-state index >= 15 is 0 Å². The number of aliphatic carboxylic acids is 1. The minimum absolute atomic E-state index is 0.424. The van der Waals surface area contributed by atoms with E-state index in [1.165, 1.54) is 11.1 Å². The molecular weight excluding hydrogens is 320 g/mol. The van der Waals surface area contributed by atoms with Crippen LogP contribution >= 0.6 is 15.9 Å². The number of halogens is 1. The van der Waals surface area contributed by atoms with Crippen LogP contribution in [0.1, 0.15) is 24.0 Å². The normalized spacial score (nSPS) is 30.2.